The maximum atomic E-state index is 2.72. The van der Waals surface area contributed by atoms with E-state index in [0.29, 0.717) is 0 Å². The topological polar surface area (TPSA) is 3.24 Å². The Kier molecular flexibility index (Phi) is 2.42. The Labute approximate surface area is 82.7 Å². The number of hydrogen-bond donors (Lipinski definition) is 0. The molecule has 0 aliphatic carbocycles. The fourth-order valence-corrected chi connectivity index (χ4v) is 3.90. The summed E-state index contributed by atoms with van der Waals surface area (Å²) in [6.45, 7) is 3.58. The summed E-state index contributed by atoms with van der Waals surface area (Å²) in [6, 6.07) is 1.89. The Morgan fingerprint density at radius 3 is 2.27 bits per heavy atom. The van der Waals surface area contributed by atoms with Crippen LogP contribution in [0.2, 0.25) is 0 Å². The van der Waals surface area contributed by atoms with Crippen molar-refractivity contribution in [2.75, 3.05) is 6.54 Å². The number of rotatable bonds is 1. The van der Waals surface area contributed by atoms with E-state index in [1.54, 1.807) is 0 Å². The normalized spacial score (nSPS) is 44.7. The summed E-state index contributed by atoms with van der Waals surface area (Å²) in [6.07, 6.45) is 5.84. The number of piperidine rings is 1. The van der Waals surface area contributed by atoms with E-state index >= 15 is 0 Å². The smallest absolute Gasteiger partial charge is 0.0139 e. The molecular weight excluding hydrogens is 249 g/mol. The summed E-state index contributed by atoms with van der Waals surface area (Å²) in [5, 5.41) is 0. The minimum absolute atomic E-state index is 0.945. The number of halogens is 1. The van der Waals surface area contributed by atoms with Gasteiger partial charge in [0, 0.05) is 16.0 Å². The lowest BCUT2D eigenvalue weighted by Gasteiger charge is -2.36. The molecule has 0 aromatic heterocycles. The first-order chi connectivity index (χ1) is 5.31. The first-order valence-corrected chi connectivity index (χ1v) is 5.95. The Bertz CT molecular complexity index is 134. The van der Waals surface area contributed by atoms with E-state index in [9.17, 15) is 0 Å². The van der Waals surface area contributed by atoms with E-state index in [1.807, 2.05) is 0 Å². The Balaban J connectivity index is 2.06. The van der Waals surface area contributed by atoms with E-state index in [0.717, 1.165) is 16.0 Å². The highest BCUT2D eigenvalue weighted by atomic mass is 127. The van der Waals surface area contributed by atoms with Crippen molar-refractivity contribution in [3.05, 3.63) is 0 Å². The summed E-state index contributed by atoms with van der Waals surface area (Å²) < 4.78 is 0.966. The van der Waals surface area contributed by atoms with Crippen molar-refractivity contribution in [2.24, 2.45) is 0 Å². The highest BCUT2D eigenvalue weighted by Crippen LogP contribution is 2.37. The predicted molar refractivity (Wildman–Crippen MR) is 56.2 cm³/mol. The molecule has 0 aromatic rings. The lowest BCUT2D eigenvalue weighted by atomic mass is 10.0. The first-order valence-electron chi connectivity index (χ1n) is 4.71. The molecule has 0 spiro atoms. The molecule has 0 radical (unpaired) electrons. The van der Waals surface area contributed by atoms with Crippen molar-refractivity contribution < 1.29 is 0 Å². The van der Waals surface area contributed by atoms with Gasteiger partial charge in [-0.25, -0.2) is 0 Å². The molecule has 2 atom stereocenters. The van der Waals surface area contributed by atoms with Crippen LogP contribution < -0.4 is 0 Å². The maximum Gasteiger partial charge on any atom is 0.0139 e. The van der Waals surface area contributed by atoms with Gasteiger partial charge in [-0.15, -0.1) is 0 Å². The van der Waals surface area contributed by atoms with Gasteiger partial charge >= 0.3 is 0 Å². The van der Waals surface area contributed by atoms with Crippen molar-refractivity contribution in [1.82, 2.24) is 4.90 Å². The molecule has 0 amide bonds. The molecule has 2 bridgehead atoms. The van der Waals surface area contributed by atoms with Crippen LogP contribution in [0.5, 0.6) is 0 Å². The molecule has 1 nitrogen and oxygen atoms in total. The van der Waals surface area contributed by atoms with E-state index in [1.165, 1.54) is 32.2 Å². The van der Waals surface area contributed by atoms with Gasteiger partial charge in [0.15, 0.2) is 0 Å². The van der Waals surface area contributed by atoms with Gasteiger partial charge in [0.2, 0.25) is 0 Å². The third kappa shape index (κ3) is 1.44. The number of alkyl halides is 1. The predicted octanol–water partition coefficient (Wildman–Crippen LogP) is 2.44. The van der Waals surface area contributed by atoms with Gasteiger partial charge in [0.1, 0.15) is 0 Å². The third-order valence-corrected chi connectivity index (χ3v) is 4.21. The maximum absolute atomic E-state index is 2.72. The van der Waals surface area contributed by atoms with Gasteiger partial charge in [-0.3, -0.25) is 4.90 Å². The highest BCUT2D eigenvalue weighted by molar-refractivity contribution is 14.1. The zero-order chi connectivity index (χ0) is 7.84. The molecule has 2 heterocycles. The van der Waals surface area contributed by atoms with Crippen LogP contribution >= 0.6 is 22.6 Å². The van der Waals surface area contributed by atoms with Gasteiger partial charge in [-0.05, 0) is 32.2 Å². The van der Waals surface area contributed by atoms with E-state index < -0.39 is 0 Å². The highest BCUT2D eigenvalue weighted by Gasteiger charge is 2.38. The second kappa shape index (κ2) is 3.21. The molecule has 11 heavy (non-hydrogen) atoms. The lowest BCUT2D eigenvalue weighted by Crippen LogP contribution is -2.42. The van der Waals surface area contributed by atoms with E-state index in [4.69, 9.17) is 0 Å². The molecule has 2 unspecified atom stereocenters. The molecular formula is C9H16IN. The molecule has 2 rings (SSSR count). The number of hydrogen-bond acceptors (Lipinski definition) is 1. The molecule has 0 N–H and O–H groups in total. The lowest BCUT2D eigenvalue weighted by molar-refractivity contribution is 0.155. The molecule has 0 saturated carbocycles. The van der Waals surface area contributed by atoms with Gasteiger partial charge in [0.25, 0.3) is 0 Å². The minimum atomic E-state index is 0.945. The fourth-order valence-electron chi connectivity index (χ4n) is 2.72. The molecule has 64 valence electrons. The molecule has 2 saturated heterocycles. The third-order valence-electron chi connectivity index (χ3n) is 3.19. The zero-order valence-corrected chi connectivity index (χ0v) is 9.25. The molecule has 0 aromatic carbocycles. The molecule has 2 fully saturated rings. The average Bonchev–Trinajstić information content (AvgIpc) is 2.23. The van der Waals surface area contributed by atoms with Crippen molar-refractivity contribution in [3.63, 3.8) is 0 Å². The van der Waals surface area contributed by atoms with Crippen LogP contribution in [0.3, 0.4) is 0 Å². The quantitative estimate of drug-likeness (QED) is 0.520. The van der Waals surface area contributed by atoms with Crippen LogP contribution in [0.4, 0.5) is 0 Å². The summed E-state index contributed by atoms with van der Waals surface area (Å²) in [5.41, 5.74) is 0. The van der Waals surface area contributed by atoms with Crippen LogP contribution in [-0.4, -0.2) is 27.5 Å². The average molecular weight is 265 g/mol. The van der Waals surface area contributed by atoms with Gasteiger partial charge in [0.05, 0.1) is 0 Å². The second-order valence-corrected chi connectivity index (χ2v) is 5.55. The fraction of sp³-hybridized carbons (Fsp3) is 1.00. The van der Waals surface area contributed by atoms with Crippen molar-refractivity contribution >= 4 is 22.6 Å². The van der Waals surface area contributed by atoms with Crippen molar-refractivity contribution in [1.29, 1.82) is 0 Å². The number of nitrogens with zero attached hydrogens (tertiary/aromatic N) is 1. The Morgan fingerprint density at radius 2 is 1.82 bits per heavy atom. The largest absolute Gasteiger partial charge is 0.298 e. The molecule has 2 aliphatic heterocycles. The minimum Gasteiger partial charge on any atom is -0.298 e. The Morgan fingerprint density at radius 1 is 1.27 bits per heavy atom. The van der Waals surface area contributed by atoms with Crippen molar-refractivity contribution in [2.45, 2.75) is 48.6 Å². The monoisotopic (exact) mass is 265 g/mol. The van der Waals surface area contributed by atoms with E-state index in [-0.39, 0.29) is 0 Å². The van der Waals surface area contributed by atoms with Gasteiger partial charge in [-0.2, -0.15) is 0 Å². The van der Waals surface area contributed by atoms with Gasteiger partial charge < -0.3 is 0 Å². The van der Waals surface area contributed by atoms with E-state index in [2.05, 4.69) is 34.4 Å². The van der Waals surface area contributed by atoms with Gasteiger partial charge in [-0.1, -0.05) is 29.5 Å². The Hall–Kier alpha value is 0.690. The van der Waals surface area contributed by atoms with Crippen LogP contribution in [0.25, 0.3) is 0 Å². The second-order valence-electron chi connectivity index (χ2n) is 3.78. The summed E-state index contributed by atoms with van der Waals surface area (Å²) >= 11 is 2.63. The van der Waals surface area contributed by atoms with Crippen LogP contribution in [0, 0.1) is 0 Å². The molecule has 2 heteroatoms. The van der Waals surface area contributed by atoms with Crippen LogP contribution in [0.1, 0.15) is 32.6 Å². The standard InChI is InChI=1S/C9H16IN/c1-2-11-8-3-4-9(11)6-7(10)5-8/h7-9H,2-6H2,1H3. The zero-order valence-electron chi connectivity index (χ0n) is 7.09. The summed E-state index contributed by atoms with van der Waals surface area (Å²) in [7, 11) is 0. The SMILES string of the molecule is CCN1C2CCC1CC(I)C2. The summed E-state index contributed by atoms with van der Waals surface area (Å²) in [5.74, 6) is 0. The number of fused-ring (bicyclic) bond motifs is 2. The first kappa shape index (κ1) is 8.30. The van der Waals surface area contributed by atoms with Crippen LogP contribution in [0.15, 0.2) is 0 Å². The summed E-state index contributed by atoms with van der Waals surface area (Å²) in [4.78, 5) is 2.72. The molecule has 2 aliphatic rings. The van der Waals surface area contributed by atoms with Crippen LogP contribution in [-0.2, 0) is 0 Å². The van der Waals surface area contributed by atoms with Crippen molar-refractivity contribution in [3.8, 4) is 0 Å².